The van der Waals surface area contributed by atoms with Gasteiger partial charge in [0.15, 0.2) is 0 Å². The van der Waals surface area contributed by atoms with Crippen molar-refractivity contribution in [3.63, 3.8) is 0 Å². The van der Waals surface area contributed by atoms with Crippen LogP contribution in [0.1, 0.15) is 31.6 Å². The van der Waals surface area contributed by atoms with E-state index in [1.165, 1.54) is 0 Å². The van der Waals surface area contributed by atoms with Gasteiger partial charge in [0.1, 0.15) is 0 Å². The lowest BCUT2D eigenvalue weighted by molar-refractivity contribution is 0.381. The molecular formula is C13H21NO3S2. The summed E-state index contributed by atoms with van der Waals surface area (Å²) in [4.78, 5) is 0. The number of benzene rings is 1. The van der Waals surface area contributed by atoms with Crippen molar-refractivity contribution in [2.45, 2.75) is 26.0 Å². The minimum Gasteiger partial charge on any atom is -0.315 e. The molecule has 0 radical (unpaired) electrons. The van der Waals surface area contributed by atoms with Crippen molar-refractivity contribution in [1.29, 1.82) is 0 Å². The first-order valence-electron chi connectivity index (χ1n) is 6.09. The van der Waals surface area contributed by atoms with Crippen LogP contribution in [-0.4, -0.2) is 26.1 Å². The molecule has 19 heavy (non-hydrogen) atoms. The Morgan fingerprint density at radius 2 is 1.84 bits per heavy atom. The van der Waals surface area contributed by atoms with Crippen molar-refractivity contribution in [2.75, 3.05) is 13.1 Å². The van der Waals surface area contributed by atoms with Crippen LogP contribution in [0.2, 0.25) is 0 Å². The zero-order chi connectivity index (χ0) is 14.5. The second-order valence-corrected chi connectivity index (χ2v) is 9.07. The molecule has 0 saturated heterocycles. The predicted octanol–water partition coefficient (Wildman–Crippen LogP) is 2.90. The van der Waals surface area contributed by atoms with Gasteiger partial charge in [0.05, 0.1) is 5.25 Å². The fourth-order valence-corrected chi connectivity index (χ4v) is 3.77. The molecule has 0 heterocycles. The second-order valence-electron chi connectivity index (χ2n) is 5.61. The maximum Gasteiger partial charge on any atom is 0.320 e. The Morgan fingerprint density at radius 1 is 1.26 bits per heavy atom. The fraction of sp³-hybridized carbons (Fsp3) is 0.538. The molecule has 4 nitrogen and oxygen atoms in total. The zero-order valence-electron chi connectivity index (χ0n) is 11.5. The molecular weight excluding hydrogens is 282 g/mol. The number of hydrogen-bond acceptors (Lipinski definition) is 4. The summed E-state index contributed by atoms with van der Waals surface area (Å²) in [5, 5.41) is 2.93. The number of rotatable bonds is 6. The highest BCUT2D eigenvalue weighted by Gasteiger charge is 2.20. The molecule has 1 rings (SSSR count). The Bertz CT molecular complexity index is 480. The van der Waals surface area contributed by atoms with Crippen LogP contribution < -0.4 is 5.32 Å². The van der Waals surface area contributed by atoms with E-state index in [9.17, 15) is 8.42 Å². The van der Waals surface area contributed by atoms with Crippen molar-refractivity contribution in [3.8, 4) is 0 Å². The van der Waals surface area contributed by atoms with Gasteiger partial charge in [-0.15, -0.1) is 0 Å². The predicted molar refractivity (Wildman–Crippen MR) is 80.6 cm³/mol. The highest BCUT2D eigenvalue weighted by atomic mass is 33.1. The molecule has 0 aliphatic rings. The average Bonchev–Trinajstić information content (AvgIpc) is 2.25. The third-order valence-corrected chi connectivity index (χ3v) is 4.74. The van der Waals surface area contributed by atoms with Crippen LogP contribution in [0, 0.1) is 5.41 Å². The van der Waals surface area contributed by atoms with E-state index in [-0.39, 0.29) is 10.7 Å². The molecule has 0 amide bonds. The van der Waals surface area contributed by atoms with E-state index in [1.54, 1.807) is 0 Å². The van der Waals surface area contributed by atoms with Crippen molar-refractivity contribution < 1.29 is 13.0 Å². The molecule has 1 aromatic carbocycles. The van der Waals surface area contributed by atoms with Gasteiger partial charge in [-0.3, -0.25) is 4.55 Å². The summed E-state index contributed by atoms with van der Waals surface area (Å²) in [6, 6.07) is 9.32. The quantitative estimate of drug-likeness (QED) is 0.625. The summed E-state index contributed by atoms with van der Waals surface area (Å²) in [5.74, 6) is 0. The molecule has 0 bridgehead atoms. The van der Waals surface area contributed by atoms with Gasteiger partial charge in [-0.25, -0.2) is 0 Å². The van der Waals surface area contributed by atoms with Gasteiger partial charge < -0.3 is 5.32 Å². The normalized spacial score (nSPS) is 14.3. The van der Waals surface area contributed by atoms with Gasteiger partial charge in [-0.05, 0) is 11.0 Å². The monoisotopic (exact) mass is 303 g/mol. The van der Waals surface area contributed by atoms with E-state index < -0.39 is 9.15 Å². The first-order valence-corrected chi connectivity index (χ1v) is 8.92. The molecule has 0 aliphatic carbocycles. The molecule has 2 N–H and O–H groups in total. The molecule has 108 valence electrons. The Kier molecular flexibility index (Phi) is 5.85. The highest BCUT2D eigenvalue weighted by molar-refractivity contribution is 8.70. The van der Waals surface area contributed by atoms with Crippen LogP contribution in [0.5, 0.6) is 0 Å². The average molecular weight is 303 g/mol. The van der Waals surface area contributed by atoms with Gasteiger partial charge in [0, 0.05) is 23.9 Å². The Labute approximate surface area is 119 Å². The molecule has 0 aromatic heterocycles. The fourth-order valence-electron chi connectivity index (χ4n) is 1.60. The lowest BCUT2D eigenvalue weighted by atomic mass is 9.97. The first-order chi connectivity index (χ1) is 8.67. The Balaban J connectivity index is 2.71. The maximum absolute atomic E-state index is 11.1. The van der Waals surface area contributed by atoms with E-state index in [4.69, 9.17) is 4.55 Å². The van der Waals surface area contributed by atoms with Crippen LogP contribution in [0.25, 0.3) is 0 Å². The second kappa shape index (κ2) is 6.74. The summed E-state index contributed by atoms with van der Waals surface area (Å²) in [6.07, 6.45) is 0. The van der Waals surface area contributed by atoms with Gasteiger partial charge >= 0.3 is 9.15 Å². The Morgan fingerprint density at radius 3 is 2.32 bits per heavy atom. The van der Waals surface area contributed by atoms with E-state index in [2.05, 4.69) is 26.1 Å². The summed E-state index contributed by atoms with van der Waals surface area (Å²) in [6.45, 7) is 7.59. The standard InChI is InChI=1S/C13H21NO3S2/c1-13(2,3)10-14-9-12(18-19(15,16)17)11-7-5-4-6-8-11/h4-8,12,14H,9-10H2,1-3H3,(H,15,16,17). The summed E-state index contributed by atoms with van der Waals surface area (Å²) in [5.41, 5.74) is 1.01. The summed E-state index contributed by atoms with van der Waals surface area (Å²) < 4.78 is 31.1. The molecule has 1 atom stereocenters. The van der Waals surface area contributed by atoms with Crippen molar-refractivity contribution in [2.24, 2.45) is 5.41 Å². The largest absolute Gasteiger partial charge is 0.320 e. The van der Waals surface area contributed by atoms with Gasteiger partial charge in [-0.2, -0.15) is 8.42 Å². The van der Waals surface area contributed by atoms with Crippen LogP contribution in [0.15, 0.2) is 30.3 Å². The van der Waals surface area contributed by atoms with E-state index in [0.29, 0.717) is 17.3 Å². The summed E-state index contributed by atoms with van der Waals surface area (Å²) in [7, 11) is -3.49. The molecule has 0 saturated carbocycles. The third-order valence-electron chi connectivity index (χ3n) is 2.39. The summed E-state index contributed by atoms with van der Waals surface area (Å²) >= 11 is 0. The van der Waals surface area contributed by atoms with Crippen LogP contribution in [0.4, 0.5) is 0 Å². The van der Waals surface area contributed by atoms with E-state index in [1.807, 2.05) is 30.3 Å². The lowest BCUT2D eigenvalue weighted by Crippen LogP contribution is -2.30. The number of nitrogens with one attached hydrogen (secondary N) is 1. The Hall–Kier alpha value is -0.560. The van der Waals surface area contributed by atoms with Crippen LogP contribution in [0.3, 0.4) is 0 Å². The minimum atomic E-state index is -4.06. The lowest BCUT2D eigenvalue weighted by Gasteiger charge is -2.22. The van der Waals surface area contributed by atoms with Gasteiger partial charge in [0.25, 0.3) is 0 Å². The molecule has 0 fully saturated rings. The van der Waals surface area contributed by atoms with E-state index >= 15 is 0 Å². The van der Waals surface area contributed by atoms with Crippen molar-refractivity contribution in [1.82, 2.24) is 5.32 Å². The maximum atomic E-state index is 11.1. The molecule has 1 unspecified atom stereocenters. The smallest absolute Gasteiger partial charge is 0.315 e. The van der Waals surface area contributed by atoms with Gasteiger partial charge in [0.2, 0.25) is 0 Å². The van der Waals surface area contributed by atoms with Crippen molar-refractivity contribution in [3.05, 3.63) is 35.9 Å². The van der Waals surface area contributed by atoms with Crippen LogP contribution >= 0.6 is 10.8 Å². The molecule has 6 heteroatoms. The van der Waals surface area contributed by atoms with Gasteiger partial charge in [-0.1, -0.05) is 51.1 Å². The van der Waals surface area contributed by atoms with Crippen LogP contribution in [-0.2, 0) is 9.15 Å². The van der Waals surface area contributed by atoms with Crippen molar-refractivity contribution >= 4 is 19.9 Å². The third kappa shape index (κ3) is 7.57. The number of hydrogen-bond donors (Lipinski definition) is 2. The zero-order valence-corrected chi connectivity index (χ0v) is 13.1. The highest BCUT2D eigenvalue weighted by Crippen LogP contribution is 2.31. The van der Waals surface area contributed by atoms with E-state index in [0.717, 1.165) is 12.1 Å². The first kappa shape index (κ1) is 16.5. The minimum absolute atomic E-state index is 0.129. The molecule has 1 aromatic rings. The molecule has 0 spiro atoms. The molecule has 0 aliphatic heterocycles. The topological polar surface area (TPSA) is 66.4 Å². The SMILES string of the molecule is CC(C)(C)CNCC(SS(=O)(=O)O)c1ccccc1.